The molecule has 7 heteroatoms. The number of carbonyl (C=O) groups is 2. The molecule has 3 rings (SSSR count). The second-order valence-electron chi connectivity index (χ2n) is 6.64. The van der Waals surface area contributed by atoms with Crippen molar-refractivity contribution in [2.24, 2.45) is 0 Å². The second kappa shape index (κ2) is 9.12. The lowest BCUT2D eigenvalue weighted by Gasteiger charge is -2.17. The van der Waals surface area contributed by atoms with Crippen LogP contribution in [0.25, 0.3) is 0 Å². The van der Waals surface area contributed by atoms with Gasteiger partial charge in [-0.15, -0.1) is 0 Å². The van der Waals surface area contributed by atoms with Gasteiger partial charge in [-0.05, 0) is 37.1 Å². The predicted octanol–water partition coefficient (Wildman–Crippen LogP) is 3.65. The molecule has 0 aliphatic heterocycles. The van der Waals surface area contributed by atoms with Gasteiger partial charge in [0.15, 0.2) is 0 Å². The molecule has 2 aromatic rings. The zero-order chi connectivity index (χ0) is 19.1. The molecule has 0 bridgehead atoms. The van der Waals surface area contributed by atoms with Gasteiger partial charge in [0.05, 0.1) is 12.7 Å². The summed E-state index contributed by atoms with van der Waals surface area (Å²) < 4.78 is 4.66. The van der Waals surface area contributed by atoms with Crippen LogP contribution in [0.5, 0.6) is 0 Å². The second-order valence-corrected chi connectivity index (χ2v) is 6.64. The van der Waals surface area contributed by atoms with E-state index in [1.807, 2.05) is 0 Å². The number of nitrogens with one attached hydrogen (secondary N) is 2. The van der Waals surface area contributed by atoms with Gasteiger partial charge >= 0.3 is 5.97 Å². The molecule has 7 nitrogen and oxygen atoms in total. The van der Waals surface area contributed by atoms with Crippen molar-refractivity contribution < 1.29 is 14.3 Å². The van der Waals surface area contributed by atoms with Crippen molar-refractivity contribution in [2.75, 3.05) is 17.7 Å². The Balaban J connectivity index is 1.63. The van der Waals surface area contributed by atoms with Gasteiger partial charge in [-0.2, -0.15) is 0 Å². The van der Waals surface area contributed by atoms with Crippen molar-refractivity contribution in [1.29, 1.82) is 0 Å². The molecule has 1 aliphatic rings. The highest BCUT2D eigenvalue weighted by Crippen LogP contribution is 2.20. The summed E-state index contributed by atoms with van der Waals surface area (Å²) in [5.74, 6) is -0.0758. The van der Waals surface area contributed by atoms with E-state index in [4.69, 9.17) is 0 Å². The lowest BCUT2D eigenvalue weighted by atomic mass is 10.1. The zero-order valence-corrected chi connectivity index (χ0v) is 15.4. The van der Waals surface area contributed by atoms with Crippen molar-refractivity contribution in [3.05, 3.63) is 47.9 Å². The van der Waals surface area contributed by atoms with E-state index in [1.165, 1.54) is 39.1 Å². The largest absolute Gasteiger partial charge is 0.465 e. The minimum absolute atomic E-state index is 0.290. The van der Waals surface area contributed by atoms with Crippen LogP contribution < -0.4 is 10.6 Å². The van der Waals surface area contributed by atoms with E-state index < -0.39 is 5.97 Å². The van der Waals surface area contributed by atoms with Gasteiger partial charge in [-0.25, -0.2) is 14.8 Å². The Morgan fingerprint density at radius 1 is 1.04 bits per heavy atom. The molecule has 1 aliphatic carbocycles. The predicted molar refractivity (Wildman–Crippen MR) is 103 cm³/mol. The van der Waals surface area contributed by atoms with Gasteiger partial charge in [0.2, 0.25) is 0 Å². The third-order valence-corrected chi connectivity index (χ3v) is 4.67. The molecule has 1 aromatic heterocycles. The Kier molecular flexibility index (Phi) is 6.35. The van der Waals surface area contributed by atoms with E-state index in [0.29, 0.717) is 23.1 Å². The monoisotopic (exact) mass is 368 g/mol. The number of ether oxygens (including phenoxy) is 1. The Bertz CT molecular complexity index is 784. The van der Waals surface area contributed by atoms with Gasteiger partial charge in [-0.1, -0.05) is 25.7 Å². The maximum Gasteiger partial charge on any atom is 0.337 e. The highest BCUT2D eigenvalue weighted by Gasteiger charge is 2.15. The lowest BCUT2D eigenvalue weighted by molar-refractivity contribution is 0.0600. The molecule has 0 saturated heterocycles. The molecule has 1 heterocycles. The molecule has 1 saturated carbocycles. The van der Waals surface area contributed by atoms with Crippen LogP contribution in [-0.4, -0.2) is 35.0 Å². The molecule has 0 atom stereocenters. The van der Waals surface area contributed by atoms with Crippen molar-refractivity contribution in [3.8, 4) is 0 Å². The summed E-state index contributed by atoms with van der Waals surface area (Å²) >= 11 is 0. The molecular formula is C20H24N4O3. The Morgan fingerprint density at radius 3 is 2.41 bits per heavy atom. The molecule has 27 heavy (non-hydrogen) atoms. The highest BCUT2D eigenvalue weighted by molar-refractivity contribution is 6.03. The Hall–Kier alpha value is -2.96. The van der Waals surface area contributed by atoms with E-state index in [2.05, 4.69) is 25.3 Å². The third-order valence-electron chi connectivity index (χ3n) is 4.67. The number of anilines is 2. The van der Waals surface area contributed by atoms with E-state index in [1.54, 1.807) is 30.3 Å². The van der Waals surface area contributed by atoms with Crippen LogP contribution >= 0.6 is 0 Å². The maximum absolute atomic E-state index is 12.5. The van der Waals surface area contributed by atoms with Crippen molar-refractivity contribution >= 4 is 23.4 Å². The molecule has 1 aromatic carbocycles. The average Bonchev–Trinajstić information content (AvgIpc) is 2.97. The molecular weight excluding hydrogens is 344 g/mol. The lowest BCUT2D eigenvalue weighted by Crippen LogP contribution is -2.20. The molecule has 0 radical (unpaired) electrons. The number of nitrogens with zero attached hydrogens (tertiary/aromatic N) is 2. The van der Waals surface area contributed by atoms with E-state index in [0.717, 1.165) is 12.8 Å². The van der Waals surface area contributed by atoms with Gasteiger partial charge in [0.1, 0.15) is 17.8 Å². The summed E-state index contributed by atoms with van der Waals surface area (Å²) in [5, 5.41) is 6.20. The first-order valence-corrected chi connectivity index (χ1v) is 9.24. The number of esters is 1. The zero-order valence-electron chi connectivity index (χ0n) is 15.4. The number of hydrogen-bond acceptors (Lipinski definition) is 6. The first-order valence-electron chi connectivity index (χ1n) is 9.24. The summed E-state index contributed by atoms with van der Waals surface area (Å²) in [4.78, 5) is 32.2. The first-order chi connectivity index (χ1) is 13.2. The summed E-state index contributed by atoms with van der Waals surface area (Å²) in [5.41, 5.74) is 1.29. The quantitative estimate of drug-likeness (QED) is 0.618. The fraction of sp³-hybridized carbons (Fsp3) is 0.400. The van der Waals surface area contributed by atoms with Gasteiger partial charge in [0, 0.05) is 17.8 Å². The molecule has 142 valence electrons. The summed E-state index contributed by atoms with van der Waals surface area (Å²) in [6.45, 7) is 0. The number of carbonyl (C=O) groups excluding carboxylic acids is 2. The Labute approximate surface area is 158 Å². The van der Waals surface area contributed by atoms with Crippen LogP contribution in [0.1, 0.15) is 59.4 Å². The standard InChI is InChI=1S/C20H24N4O3/c1-27-20(26)14-8-10-16(11-9-14)24-19(25)17-12-18(22-13-21-17)23-15-6-4-2-3-5-7-15/h8-13,15H,2-7H2,1H3,(H,24,25)(H,21,22,23). The number of rotatable bonds is 5. The van der Waals surface area contributed by atoms with Crippen LogP contribution in [0, 0.1) is 0 Å². The van der Waals surface area contributed by atoms with Gasteiger partial charge in [-0.3, -0.25) is 4.79 Å². The maximum atomic E-state index is 12.5. The van der Waals surface area contributed by atoms with Crippen LogP contribution in [0.3, 0.4) is 0 Å². The smallest absolute Gasteiger partial charge is 0.337 e. The fourth-order valence-electron chi connectivity index (χ4n) is 3.20. The minimum Gasteiger partial charge on any atom is -0.465 e. The van der Waals surface area contributed by atoms with Crippen molar-refractivity contribution in [3.63, 3.8) is 0 Å². The summed E-state index contributed by atoms with van der Waals surface area (Å²) in [6, 6.07) is 8.56. The van der Waals surface area contributed by atoms with Crippen LogP contribution in [0.15, 0.2) is 36.7 Å². The molecule has 1 fully saturated rings. The SMILES string of the molecule is COC(=O)c1ccc(NC(=O)c2cc(NC3CCCCCC3)ncn2)cc1. The molecule has 2 N–H and O–H groups in total. The van der Waals surface area contributed by atoms with Crippen LogP contribution in [0.2, 0.25) is 0 Å². The van der Waals surface area contributed by atoms with E-state index in [9.17, 15) is 9.59 Å². The number of hydrogen-bond donors (Lipinski definition) is 2. The van der Waals surface area contributed by atoms with Gasteiger partial charge in [0.25, 0.3) is 5.91 Å². The van der Waals surface area contributed by atoms with Crippen molar-refractivity contribution in [1.82, 2.24) is 9.97 Å². The molecule has 0 unspecified atom stereocenters. The van der Waals surface area contributed by atoms with E-state index >= 15 is 0 Å². The number of amides is 1. The minimum atomic E-state index is -0.419. The topological polar surface area (TPSA) is 93.2 Å². The van der Waals surface area contributed by atoms with Crippen LogP contribution in [0.4, 0.5) is 11.5 Å². The average molecular weight is 368 g/mol. The first kappa shape index (κ1) is 18.8. The number of aromatic nitrogens is 2. The fourth-order valence-corrected chi connectivity index (χ4v) is 3.20. The molecule has 0 spiro atoms. The van der Waals surface area contributed by atoms with Crippen LogP contribution in [-0.2, 0) is 4.74 Å². The molecule has 1 amide bonds. The Morgan fingerprint density at radius 2 is 1.74 bits per heavy atom. The third kappa shape index (κ3) is 5.26. The normalized spacial score (nSPS) is 14.9. The van der Waals surface area contributed by atoms with Gasteiger partial charge < -0.3 is 15.4 Å². The summed E-state index contributed by atoms with van der Waals surface area (Å²) in [6.07, 6.45) is 8.65. The number of benzene rings is 1. The van der Waals surface area contributed by atoms with E-state index in [-0.39, 0.29) is 11.6 Å². The number of methoxy groups -OCH3 is 1. The highest BCUT2D eigenvalue weighted by atomic mass is 16.5. The summed E-state index contributed by atoms with van der Waals surface area (Å²) in [7, 11) is 1.33. The van der Waals surface area contributed by atoms with Crippen molar-refractivity contribution in [2.45, 2.75) is 44.6 Å².